The number of furan rings is 1. The molecule has 1 atom stereocenters. The number of carbonyl (C=O) groups is 2. The zero-order valence-electron chi connectivity index (χ0n) is 17.2. The number of rotatable bonds is 6. The van der Waals surface area contributed by atoms with Crippen LogP contribution in [0.15, 0.2) is 19.7 Å². The number of carboxylic acids is 1. The molecule has 0 aliphatic carbocycles. The van der Waals surface area contributed by atoms with Crippen molar-refractivity contribution in [2.24, 2.45) is 0 Å². The summed E-state index contributed by atoms with van der Waals surface area (Å²) in [5.74, 6) is -0.964. The minimum Gasteiger partial charge on any atom is -0.548 e. The van der Waals surface area contributed by atoms with Crippen LogP contribution in [0.5, 0.6) is 0 Å². The maximum Gasteiger partial charge on any atom is 0.339 e. The molecular formula is C22H24NO6-. The Hall–Kier alpha value is -3.09. The van der Waals surface area contributed by atoms with Gasteiger partial charge in [0, 0.05) is 28.3 Å². The number of fused-ring (bicyclic) bond motifs is 2. The van der Waals surface area contributed by atoms with Gasteiger partial charge >= 0.3 is 5.63 Å². The molecule has 29 heavy (non-hydrogen) atoms. The quantitative estimate of drug-likeness (QED) is 0.638. The van der Waals surface area contributed by atoms with Gasteiger partial charge in [-0.3, -0.25) is 4.79 Å². The Morgan fingerprint density at radius 2 is 1.66 bits per heavy atom. The summed E-state index contributed by atoms with van der Waals surface area (Å²) in [5, 5.41) is 15.1. The first-order chi connectivity index (χ1) is 13.6. The first-order valence-electron chi connectivity index (χ1n) is 9.61. The number of aryl methyl sites for hydroxylation is 4. The SMILES string of the molecule is CC[C@H](NC(=O)CCc1c(C)c2cc3c(C)c(C)oc3c(C)c2oc1=O)C(=O)[O-]. The molecule has 2 aromatic heterocycles. The average Bonchev–Trinajstić information content (AvgIpc) is 2.95. The molecule has 0 aliphatic rings. The van der Waals surface area contributed by atoms with Crippen LogP contribution in [-0.2, 0) is 16.0 Å². The summed E-state index contributed by atoms with van der Waals surface area (Å²) in [5.41, 5.74) is 3.63. The first-order valence-corrected chi connectivity index (χ1v) is 9.61. The number of carboxylic acid groups (broad SMARTS) is 1. The smallest absolute Gasteiger partial charge is 0.339 e. The molecule has 3 aromatic rings. The van der Waals surface area contributed by atoms with Crippen LogP contribution >= 0.6 is 0 Å². The minimum atomic E-state index is -1.33. The van der Waals surface area contributed by atoms with Crippen molar-refractivity contribution in [1.29, 1.82) is 0 Å². The number of hydrogen-bond acceptors (Lipinski definition) is 6. The number of aliphatic carboxylic acids is 1. The second kappa shape index (κ2) is 7.73. The number of hydrogen-bond donors (Lipinski definition) is 1. The van der Waals surface area contributed by atoms with Gasteiger partial charge in [0.25, 0.3) is 0 Å². The van der Waals surface area contributed by atoms with Gasteiger partial charge < -0.3 is 24.1 Å². The molecule has 7 nitrogen and oxygen atoms in total. The predicted octanol–water partition coefficient (Wildman–Crippen LogP) is 2.35. The van der Waals surface area contributed by atoms with E-state index in [2.05, 4.69) is 5.32 Å². The first kappa shape index (κ1) is 20.6. The van der Waals surface area contributed by atoms with Crippen molar-refractivity contribution in [2.75, 3.05) is 0 Å². The van der Waals surface area contributed by atoms with Crippen molar-refractivity contribution in [3.63, 3.8) is 0 Å². The molecule has 0 saturated carbocycles. The van der Waals surface area contributed by atoms with E-state index in [1.165, 1.54) is 0 Å². The second-order valence-corrected chi connectivity index (χ2v) is 7.38. The Morgan fingerprint density at radius 1 is 1.03 bits per heavy atom. The van der Waals surface area contributed by atoms with E-state index in [4.69, 9.17) is 8.83 Å². The Balaban J connectivity index is 1.98. The monoisotopic (exact) mass is 398 g/mol. The Labute approximate surface area is 167 Å². The standard InChI is InChI=1S/C22H25NO6/c1-6-17(21(25)26)23-18(24)8-7-14-11(3)16-9-15-10(2)13(5)28-19(15)12(4)20(16)29-22(14)27/h9,17H,6-8H2,1-5H3,(H,23,24)(H,25,26)/p-1/t17-/m0/s1. The van der Waals surface area contributed by atoms with Gasteiger partial charge in [0.2, 0.25) is 5.91 Å². The zero-order valence-corrected chi connectivity index (χ0v) is 17.2. The lowest BCUT2D eigenvalue weighted by Crippen LogP contribution is -2.47. The van der Waals surface area contributed by atoms with Crippen molar-refractivity contribution in [1.82, 2.24) is 5.32 Å². The third-order valence-electron chi connectivity index (χ3n) is 5.57. The molecule has 0 spiro atoms. The molecule has 0 fully saturated rings. The minimum absolute atomic E-state index is 0.0219. The van der Waals surface area contributed by atoms with Gasteiger partial charge in [-0.1, -0.05) is 6.92 Å². The third kappa shape index (κ3) is 3.64. The Morgan fingerprint density at radius 3 is 2.28 bits per heavy atom. The molecule has 0 aliphatic heterocycles. The van der Waals surface area contributed by atoms with Crippen molar-refractivity contribution in [2.45, 2.75) is 59.9 Å². The number of carbonyl (C=O) groups excluding carboxylic acids is 2. The van der Waals surface area contributed by atoms with Crippen LogP contribution in [0, 0.1) is 27.7 Å². The van der Waals surface area contributed by atoms with Crippen molar-refractivity contribution in [3.05, 3.63) is 44.5 Å². The Kier molecular flexibility index (Phi) is 5.50. The van der Waals surface area contributed by atoms with Gasteiger partial charge in [-0.2, -0.15) is 0 Å². The van der Waals surface area contributed by atoms with E-state index in [0.29, 0.717) is 16.7 Å². The Bertz CT molecular complexity index is 1180. The molecule has 2 heterocycles. The molecule has 1 amide bonds. The summed E-state index contributed by atoms with van der Waals surface area (Å²) in [4.78, 5) is 35.7. The number of benzene rings is 1. The molecule has 7 heteroatoms. The molecule has 3 rings (SSSR count). The summed E-state index contributed by atoms with van der Waals surface area (Å²) < 4.78 is 11.4. The highest BCUT2D eigenvalue weighted by atomic mass is 16.4. The molecular weight excluding hydrogens is 374 g/mol. The maximum atomic E-state index is 12.6. The maximum absolute atomic E-state index is 12.6. The summed E-state index contributed by atoms with van der Waals surface area (Å²) in [6.07, 6.45) is 0.357. The fourth-order valence-corrected chi connectivity index (χ4v) is 3.61. The number of amides is 1. The van der Waals surface area contributed by atoms with Crippen LogP contribution in [0.1, 0.15) is 47.8 Å². The van der Waals surface area contributed by atoms with E-state index in [9.17, 15) is 19.5 Å². The predicted molar refractivity (Wildman–Crippen MR) is 107 cm³/mol. The molecule has 1 aromatic carbocycles. The summed E-state index contributed by atoms with van der Waals surface area (Å²) in [7, 11) is 0. The van der Waals surface area contributed by atoms with Gasteiger partial charge in [0.1, 0.15) is 16.9 Å². The fourth-order valence-electron chi connectivity index (χ4n) is 3.61. The lowest BCUT2D eigenvalue weighted by Gasteiger charge is -2.17. The highest BCUT2D eigenvalue weighted by Crippen LogP contribution is 2.34. The molecule has 0 radical (unpaired) electrons. The number of nitrogens with one attached hydrogen (secondary N) is 1. The van der Waals surface area contributed by atoms with Crippen molar-refractivity contribution in [3.8, 4) is 0 Å². The lowest BCUT2D eigenvalue weighted by molar-refractivity contribution is -0.308. The van der Waals surface area contributed by atoms with E-state index in [1.807, 2.05) is 33.8 Å². The third-order valence-corrected chi connectivity index (χ3v) is 5.57. The van der Waals surface area contributed by atoms with E-state index in [-0.39, 0.29) is 19.3 Å². The van der Waals surface area contributed by atoms with E-state index >= 15 is 0 Å². The molecule has 0 bridgehead atoms. The average molecular weight is 398 g/mol. The van der Waals surface area contributed by atoms with Crippen LogP contribution in [-0.4, -0.2) is 17.9 Å². The van der Waals surface area contributed by atoms with Crippen LogP contribution in [0.2, 0.25) is 0 Å². The largest absolute Gasteiger partial charge is 0.548 e. The van der Waals surface area contributed by atoms with Gasteiger partial charge in [0.05, 0.1) is 12.0 Å². The van der Waals surface area contributed by atoms with E-state index in [0.717, 1.165) is 33.2 Å². The summed E-state index contributed by atoms with van der Waals surface area (Å²) in [6.45, 7) is 9.20. The van der Waals surface area contributed by atoms with Crippen LogP contribution < -0.4 is 16.0 Å². The summed E-state index contributed by atoms with van der Waals surface area (Å²) in [6, 6.07) is 0.911. The van der Waals surface area contributed by atoms with Crippen LogP contribution in [0.25, 0.3) is 21.9 Å². The van der Waals surface area contributed by atoms with Gasteiger partial charge in [-0.15, -0.1) is 0 Å². The second-order valence-electron chi connectivity index (χ2n) is 7.38. The van der Waals surface area contributed by atoms with E-state index < -0.39 is 23.5 Å². The van der Waals surface area contributed by atoms with E-state index in [1.54, 1.807) is 6.92 Å². The highest BCUT2D eigenvalue weighted by Gasteiger charge is 2.19. The molecule has 0 saturated heterocycles. The lowest BCUT2D eigenvalue weighted by atomic mass is 9.98. The van der Waals surface area contributed by atoms with Crippen LogP contribution in [0.4, 0.5) is 0 Å². The van der Waals surface area contributed by atoms with Crippen LogP contribution in [0.3, 0.4) is 0 Å². The zero-order chi connectivity index (χ0) is 21.5. The topological polar surface area (TPSA) is 113 Å². The van der Waals surface area contributed by atoms with Gasteiger partial charge in [0.15, 0.2) is 0 Å². The molecule has 0 unspecified atom stereocenters. The molecule has 1 N–H and O–H groups in total. The van der Waals surface area contributed by atoms with Gasteiger partial charge in [-0.05, 0) is 57.7 Å². The summed E-state index contributed by atoms with van der Waals surface area (Å²) >= 11 is 0. The highest BCUT2D eigenvalue weighted by molar-refractivity contribution is 6.00. The normalized spacial score (nSPS) is 12.4. The fraction of sp³-hybridized carbons (Fsp3) is 0.409. The molecule has 154 valence electrons. The van der Waals surface area contributed by atoms with Crippen molar-refractivity contribution < 1.29 is 23.5 Å². The van der Waals surface area contributed by atoms with Crippen molar-refractivity contribution >= 4 is 33.8 Å². The van der Waals surface area contributed by atoms with Gasteiger partial charge in [-0.25, -0.2) is 4.79 Å².